The van der Waals surface area contributed by atoms with Crippen molar-refractivity contribution >= 4 is 12.0 Å². The number of carboxylic acid groups (broad SMARTS) is 1. The van der Waals surface area contributed by atoms with Crippen LogP contribution < -0.4 is 0 Å². The summed E-state index contributed by atoms with van der Waals surface area (Å²) < 4.78 is 1.90. The third-order valence-electron chi connectivity index (χ3n) is 3.13. The lowest BCUT2D eigenvalue weighted by molar-refractivity contribution is -0.131. The molecule has 1 aromatic heterocycles. The number of carboxylic acids is 1. The average Bonchev–Trinajstić information content (AvgIpc) is 2.88. The van der Waals surface area contributed by atoms with E-state index in [4.69, 9.17) is 5.11 Å². The molecule has 0 saturated carbocycles. The van der Waals surface area contributed by atoms with Crippen LogP contribution in [-0.4, -0.2) is 20.9 Å². The fourth-order valence-corrected chi connectivity index (χ4v) is 2.09. The topological polar surface area (TPSA) is 55.1 Å². The van der Waals surface area contributed by atoms with Gasteiger partial charge >= 0.3 is 5.97 Å². The third kappa shape index (κ3) is 2.96. The van der Waals surface area contributed by atoms with Gasteiger partial charge in [0, 0.05) is 17.3 Å². The smallest absolute Gasteiger partial charge is 0.328 e. The summed E-state index contributed by atoms with van der Waals surface area (Å²) in [6.45, 7) is 4.16. The first kappa shape index (κ1) is 14.1. The fraction of sp³-hybridized carbons (Fsp3) is 0.250. The molecule has 0 amide bonds. The Morgan fingerprint density at radius 3 is 2.70 bits per heavy atom. The zero-order valence-electron chi connectivity index (χ0n) is 11.7. The van der Waals surface area contributed by atoms with E-state index in [1.807, 2.05) is 28.9 Å². The van der Waals surface area contributed by atoms with Crippen LogP contribution in [0.5, 0.6) is 0 Å². The van der Waals surface area contributed by atoms with Crippen LogP contribution in [0.4, 0.5) is 0 Å². The second-order valence-corrected chi connectivity index (χ2v) is 4.48. The summed E-state index contributed by atoms with van der Waals surface area (Å²) in [6, 6.07) is 9.76. The Morgan fingerprint density at radius 2 is 2.05 bits per heavy atom. The lowest BCUT2D eigenvalue weighted by Gasteiger charge is -2.09. The zero-order valence-corrected chi connectivity index (χ0v) is 11.7. The molecular formula is C16H18N2O2. The first-order valence-corrected chi connectivity index (χ1v) is 6.74. The summed E-state index contributed by atoms with van der Waals surface area (Å²) in [4.78, 5) is 10.7. The second kappa shape index (κ2) is 6.19. The Labute approximate surface area is 118 Å². The highest BCUT2D eigenvalue weighted by Crippen LogP contribution is 2.19. The van der Waals surface area contributed by atoms with E-state index in [1.54, 1.807) is 6.08 Å². The Kier molecular flexibility index (Phi) is 4.35. The summed E-state index contributed by atoms with van der Waals surface area (Å²) in [5, 5.41) is 13.4. The maximum absolute atomic E-state index is 10.7. The van der Waals surface area contributed by atoms with Gasteiger partial charge in [-0.3, -0.25) is 0 Å². The molecular weight excluding hydrogens is 252 g/mol. The van der Waals surface area contributed by atoms with E-state index >= 15 is 0 Å². The van der Waals surface area contributed by atoms with Crippen molar-refractivity contribution in [3.05, 3.63) is 53.4 Å². The van der Waals surface area contributed by atoms with Gasteiger partial charge in [0.05, 0.1) is 11.4 Å². The number of benzene rings is 1. The molecule has 20 heavy (non-hydrogen) atoms. The number of nitrogens with zero attached hydrogens (tertiary/aromatic N) is 2. The van der Waals surface area contributed by atoms with Crippen molar-refractivity contribution in [1.29, 1.82) is 0 Å². The van der Waals surface area contributed by atoms with Gasteiger partial charge in [-0.25, -0.2) is 9.48 Å². The Morgan fingerprint density at radius 1 is 1.30 bits per heavy atom. The summed E-state index contributed by atoms with van der Waals surface area (Å²) in [5.41, 5.74) is 3.91. The van der Waals surface area contributed by atoms with Crippen LogP contribution in [0.1, 0.15) is 30.8 Å². The molecule has 2 aromatic rings. The maximum Gasteiger partial charge on any atom is 0.328 e. The quantitative estimate of drug-likeness (QED) is 0.849. The number of rotatable bonds is 5. The van der Waals surface area contributed by atoms with Gasteiger partial charge in [-0.1, -0.05) is 32.0 Å². The highest BCUT2D eigenvalue weighted by Gasteiger charge is 2.09. The SMILES string of the molecule is CCc1cc(CC)n(-c2ccccc2/C=C/C(=O)O)n1. The van der Waals surface area contributed by atoms with Crippen molar-refractivity contribution in [2.75, 3.05) is 0 Å². The fourth-order valence-electron chi connectivity index (χ4n) is 2.09. The largest absolute Gasteiger partial charge is 0.478 e. The summed E-state index contributed by atoms with van der Waals surface area (Å²) in [5.74, 6) is -0.953. The first-order chi connectivity index (χ1) is 9.65. The van der Waals surface area contributed by atoms with E-state index in [2.05, 4.69) is 25.0 Å². The lowest BCUT2D eigenvalue weighted by Crippen LogP contribution is -2.03. The molecule has 0 radical (unpaired) electrons. The van der Waals surface area contributed by atoms with Gasteiger partial charge in [-0.2, -0.15) is 5.10 Å². The minimum atomic E-state index is -0.953. The molecule has 0 unspecified atom stereocenters. The Balaban J connectivity index is 2.52. The first-order valence-electron chi connectivity index (χ1n) is 6.74. The summed E-state index contributed by atoms with van der Waals surface area (Å²) >= 11 is 0. The predicted molar refractivity (Wildman–Crippen MR) is 79.0 cm³/mol. The zero-order chi connectivity index (χ0) is 14.5. The number of aliphatic carboxylic acids is 1. The number of para-hydroxylation sites is 1. The van der Waals surface area contributed by atoms with Crippen LogP contribution in [-0.2, 0) is 17.6 Å². The van der Waals surface area contributed by atoms with Crippen LogP contribution in [0.2, 0.25) is 0 Å². The Bertz CT molecular complexity index is 642. The van der Waals surface area contributed by atoms with E-state index < -0.39 is 5.97 Å². The van der Waals surface area contributed by atoms with Crippen LogP contribution in [0, 0.1) is 0 Å². The molecule has 0 bridgehead atoms. The van der Waals surface area contributed by atoms with E-state index in [1.165, 1.54) is 0 Å². The highest BCUT2D eigenvalue weighted by atomic mass is 16.4. The van der Waals surface area contributed by atoms with Crippen LogP contribution >= 0.6 is 0 Å². The molecule has 4 nitrogen and oxygen atoms in total. The standard InChI is InChI=1S/C16H18N2O2/c1-3-13-11-14(4-2)18(17-13)15-8-6-5-7-12(15)9-10-16(19)20/h5-11H,3-4H2,1-2H3,(H,19,20)/b10-9+. The summed E-state index contributed by atoms with van der Waals surface area (Å²) in [7, 11) is 0. The van der Waals surface area contributed by atoms with Crippen molar-refractivity contribution in [2.24, 2.45) is 0 Å². The molecule has 104 valence electrons. The third-order valence-corrected chi connectivity index (χ3v) is 3.13. The van der Waals surface area contributed by atoms with Crippen LogP contribution in [0.25, 0.3) is 11.8 Å². The molecule has 0 saturated heterocycles. The van der Waals surface area contributed by atoms with Crippen molar-refractivity contribution in [3.63, 3.8) is 0 Å². The number of hydrogen-bond acceptors (Lipinski definition) is 2. The highest BCUT2D eigenvalue weighted by molar-refractivity contribution is 5.86. The molecule has 0 aliphatic heterocycles. The van der Waals surface area contributed by atoms with Gasteiger partial charge in [0.1, 0.15) is 0 Å². The van der Waals surface area contributed by atoms with E-state index in [9.17, 15) is 4.79 Å². The molecule has 1 N–H and O–H groups in total. The van der Waals surface area contributed by atoms with Crippen molar-refractivity contribution < 1.29 is 9.90 Å². The minimum Gasteiger partial charge on any atom is -0.478 e. The maximum atomic E-state index is 10.7. The molecule has 1 aromatic carbocycles. The van der Waals surface area contributed by atoms with Crippen molar-refractivity contribution in [1.82, 2.24) is 9.78 Å². The molecule has 0 aliphatic carbocycles. The van der Waals surface area contributed by atoms with Gasteiger partial charge in [0.15, 0.2) is 0 Å². The monoisotopic (exact) mass is 270 g/mol. The lowest BCUT2D eigenvalue weighted by atomic mass is 10.1. The molecule has 4 heteroatoms. The predicted octanol–water partition coefficient (Wildman–Crippen LogP) is 3.09. The normalized spacial score (nSPS) is 11.1. The van der Waals surface area contributed by atoms with Crippen LogP contribution in [0.3, 0.4) is 0 Å². The van der Waals surface area contributed by atoms with Gasteiger partial charge in [-0.15, -0.1) is 0 Å². The van der Waals surface area contributed by atoms with Crippen molar-refractivity contribution in [2.45, 2.75) is 26.7 Å². The van der Waals surface area contributed by atoms with E-state index in [0.717, 1.165) is 41.6 Å². The number of carbonyl (C=O) groups is 1. The minimum absolute atomic E-state index is 0.843. The number of aromatic nitrogens is 2. The van der Waals surface area contributed by atoms with Crippen LogP contribution in [0.15, 0.2) is 36.4 Å². The van der Waals surface area contributed by atoms with E-state index in [-0.39, 0.29) is 0 Å². The van der Waals surface area contributed by atoms with Gasteiger partial charge in [0.25, 0.3) is 0 Å². The van der Waals surface area contributed by atoms with Crippen molar-refractivity contribution in [3.8, 4) is 5.69 Å². The molecule has 0 atom stereocenters. The number of aryl methyl sites for hydroxylation is 2. The molecule has 0 fully saturated rings. The average molecular weight is 270 g/mol. The number of hydrogen-bond donors (Lipinski definition) is 1. The van der Waals surface area contributed by atoms with Gasteiger partial charge in [0.2, 0.25) is 0 Å². The molecule has 1 heterocycles. The molecule has 0 aliphatic rings. The Hall–Kier alpha value is -2.36. The van der Waals surface area contributed by atoms with Gasteiger partial charge in [-0.05, 0) is 31.1 Å². The molecule has 2 rings (SSSR count). The molecule has 0 spiro atoms. The van der Waals surface area contributed by atoms with Gasteiger partial charge < -0.3 is 5.11 Å². The van der Waals surface area contributed by atoms with E-state index in [0.29, 0.717) is 0 Å². The summed E-state index contributed by atoms with van der Waals surface area (Å²) in [6.07, 6.45) is 4.51. The second-order valence-electron chi connectivity index (χ2n) is 4.48.